The molecule has 0 aliphatic carbocycles. The minimum absolute atomic E-state index is 0.261. The van der Waals surface area contributed by atoms with Crippen molar-refractivity contribution >= 4 is 35.5 Å². The molecule has 5 nitrogen and oxygen atoms in total. The number of hydrogen-bond acceptors (Lipinski definition) is 4. The fourth-order valence-corrected chi connectivity index (χ4v) is 2.93. The normalized spacial score (nSPS) is 12.3. The molecule has 10 heteroatoms. The van der Waals surface area contributed by atoms with Crippen LogP contribution in [0, 0.1) is 23.3 Å². The van der Waals surface area contributed by atoms with Gasteiger partial charge in [-0.05, 0) is 42.8 Å². The molecule has 150 valence electrons. The molecule has 2 N–H and O–H groups in total. The number of rotatable bonds is 6. The number of anilines is 1. The number of aromatic nitrogens is 3. The maximum absolute atomic E-state index is 13.7. The van der Waals surface area contributed by atoms with E-state index in [4.69, 9.17) is 0 Å². The smallest absolute Gasteiger partial charge is 0.237 e. The highest BCUT2D eigenvalue weighted by molar-refractivity contribution is 8.00. The van der Waals surface area contributed by atoms with Gasteiger partial charge in [-0.15, -0.1) is 5.10 Å². The number of benzene rings is 2. The van der Waals surface area contributed by atoms with Gasteiger partial charge >= 0.3 is 0 Å². The molecule has 0 saturated heterocycles. The van der Waals surface area contributed by atoms with Crippen molar-refractivity contribution in [2.75, 3.05) is 5.32 Å². The van der Waals surface area contributed by atoms with E-state index in [0.29, 0.717) is 5.82 Å². The van der Waals surface area contributed by atoms with E-state index in [2.05, 4.69) is 20.5 Å². The van der Waals surface area contributed by atoms with Crippen LogP contribution in [0.5, 0.6) is 0 Å². The number of hydrogen-bond donors (Lipinski definition) is 2. The first-order chi connectivity index (χ1) is 13.8. The van der Waals surface area contributed by atoms with Crippen molar-refractivity contribution in [3.8, 4) is 0 Å². The zero-order valence-electron chi connectivity index (χ0n) is 14.9. The largest absolute Gasteiger partial charge is 0.323 e. The van der Waals surface area contributed by atoms with Crippen molar-refractivity contribution in [3.63, 3.8) is 0 Å². The number of amides is 1. The standard InChI is InChI=1S/C19H14F4N4OS/c1-10(18(28)24-14-8-7-13(21)16(22)17(14)23)29-19-25-15(26-27-19)9-4-11-2-5-12(20)6-3-11/h2-10H,1H3,(H,24,28)(H,25,26,27)/b9-4-/t10-/m1/s1. The molecule has 0 saturated carbocycles. The quantitative estimate of drug-likeness (QED) is 0.345. The summed E-state index contributed by atoms with van der Waals surface area (Å²) in [7, 11) is 0. The van der Waals surface area contributed by atoms with Crippen LogP contribution >= 0.6 is 11.8 Å². The molecular weight excluding hydrogens is 408 g/mol. The number of aromatic amines is 1. The molecule has 3 rings (SSSR count). The first kappa shape index (κ1) is 20.6. The summed E-state index contributed by atoms with van der Waals surface area (Å²) in [5.41, 5.74) is 0.303. The van der Waals surface area contributed by atoms with Gasteiger partial charge in [-0.25, -0.2) is 22.5 Å². The van der Waals surface area contributed by atoms with Crippen LogP contribution in [0.3, 0.4) is 0 Å². The molecule has 3 aromatic rings. The monoisotopic (exact) mass is 422 g/mol. The third-order valence-corrected chi connectivity index (χ3v) is 4.69. The first-order valence-electron chi connectivity index (χ1n) is 8.30. The van der Waals surface area contributed by atoms with Gasteiger partial charge in [0.05, 0.1) is 10.9 Å². The summed E-state index contributed by atoms with van der Waals surface area (Å²) in [5.74, 6) is -5.03. The average molecular weight is 422 g/mol. The maximum Gasteiger partial charge on any atom is 0.237 e. The predicted octanol–water partition coefficient (Wildman–Crippen LogP) is 4.65. The molecule has 0 unspecified atom stereocenters. The predicted molar refractivity (Wildman–Crippen MR) is 102 cm³/mol. The van der Waals surface area contributed by atoms with Crippen LogP contribution in [0.25, 0.3) is 12.2 Å². The summed E-state index contributed by atoms with van der Waals surface area (Å²) in [5, 5.41) is 8.37. The number of nitrogens with one attached hydrogen (secondary N) is 2. The Balaban J connectivity index is 1.61. The number of H-pyrrole nitrogens is 1. The molecule has 1 amide bonds. The third kappa shape index (κ3) is 5.23. The fraction of sp³-hybridized carbons (Fsp3) is 0.105. The van der Waals surface area contributed by atoms with Crippen LogP contribution in [0.15, 0.2) is 41.6 Å². The Morgan fingerprint density at radius 3 is 2.52 bits per heavy atom. The molecule has 0 radical (unpaired) electrons. The van der Waals surface area contributed by atoms with Crippen molar-refractivity contribution in [2.45, 2.75) is 17.3 Å². The molecule has 0 spiro atoms. The molecular formula is C19H14F4N4OS. The lowest BCUT2D eigenvalue weighted by Crippen LogP contribution is -2.23. The van der Waals surface area contributed by atoms with Gasteiger partial charge in [-0.3, -0.25) is 9.89 Å². The maximum atomic E-state index is 13.7. The lowest BCUT2D eigenvalue weighted by Gasteiger charge is -2.11. The molecule has 0 bridgehead atoms. The van der Waals surface area contributed by atoms with E-state index in [9.17, 15) is 22.4 Å². The van der Waals surface area contributed by atoms with E-state index in [1.54, 1.807) is 24.3 Å². The summed E-state index contributed by atoms with van der Waals surface area (Å²) in [6, 6.07) is 7.52. The van der Waals surface area contributed by atoms with Crippen molar-refractivity contribution in [2.24, 2.45) is 0 Å². The lowest BCUT2D eigenvalue weighted by atomic mass is 10.2. The molecule has 0 aliphatic heterocycles. The van der Waals surface area contributed by atoms with Gasteiger partial charge in [0, 0.05) is 0 Å². The van der Waals surface area contributed by atoms with Crippen LogP contribution in [0.1, 0.15) is 18.3 Å². The summed E-state index contributed by atoms with van der Waals surface area (Å²) in [6.45, 7) is 1.53. The van der Waals surface area contributed by atoms with Gasteiger partial charge in [-0.2, -0.15) is 0 Å². The molecule has 0 fully saturated rings. The molecule has 0 aliphatic rings. The fourth-order valence-electron chi connectivity index (χ4n) is 2.20. The van der Waals surface area contributed by atoms with Gasteiger partial charge in [0.2, 0.25) is 11.1 Å². The second-order valence-electron chi connectivity index (χ2n) is 5.86. The van der Waals surface area contributed by atoms with Gasteiger partial charge in [0.1, 0.15) is 11.6 Å². The van der Waals surface area contributed by atoms with Crippen LogP contribution in [-0.4, -0.2) is 26.3 Å². The number of thioether (sulfide) groups is 1. The SMILES string of the molecule is C[C@@H](Sc1n[nH]c(/C=C\c2ccc(F)cc2)n1)C(=O)Nc1ccc(F)c(F)c1F. The lowest BCUT2D eigenvalue weighted by molar-refractivity contribution is -0.115. The minimum atomic E-state index is -1.66. The van der Waals surface area contributed by atoms with Crippen molar-refractivity contribution in [1.29, 1.82) is 0 Å². The van der Waals surface area contributed by atoms with Crippen molar-refractivity contribution in [1.82, 2.24) is 15.2 Å². The zero-order valence-corrected chi connectivity index (χ0v) is 15.7. The Kier molecular flexibility index (Phi) is 6.32. The Bertz CT molecular complexity index is 1050. The second kappa shape index (κ2) is 8.91. The van der Waals surface area contributed by atoms with Crippen molar-refractivity contribution in [3.05, 3.63) is 71.1 Å². The van der Waals surface area contributed by atoms with Gasteiger partial charge < -0.3 is 5.32 Å². The summed E-state index contributed by atoms with van der Waals surface area (Å²) in [4.78, 5) is 16.4. The average Bonchev–Trinajstić information content (AvgIpc) is 3.15. The van der Waals surface area contributed by atoms with E-state index in [0.717, 1.165) is 29.5 Å². The summed E-state index contributed by atoms with van der Waals surface area (Å²) in [6.07, 6.45) is 3.34. The Labute approximate surface area is 167 Å². The second-order valence-corrected chi connectivity index (χ2v) is 7.17. The molecule has 1 aromatic heterocycles. The number of carbonyl (C=O) groups excluding carboxylic acids is 1. The molecule has 1 atom stereocenters. The van der Waals surface area contributed by atoms with Gasteiger partial charge in [0.25, 0.3) is 0 Å². The number of halogens is 4. The van der Waals surface area contributed by atoms with Gasteiger partial charge in [0.15, 0.2) is 17.5 Å². The number of carbonyl (C=O) groups is 1. The van der Waals surface area contributed by atoms with E-state index < -0.39 is 34.3 Å². The highest BCUT2D eigenvalue weighted by Gasteiger charge is 2.20. The Morgan fingerprint density at radius 1 is 1.07 bits per heavy atom. The third-order valence-electron chi connectivity index (χ3n) is 3.73. The Hall–Kier alpha value is -3.14. The van der Waals surface area contributed by atoms with E-state index in [1.807, 2.05) is 0 Å². The highest BCUT2D eigenvalue weighted by atomic mass is 32.2. The molecule has 2 aromatic carbocycles. The van der Waals surface area contributed by atoms with E-state index >= 15 is 0 Å². The Morgan fingerprint density at radius 2 is 1.79 bits per heavy atom. The number of nitrogens with zero attached hydrogens (tertiary/aromatic N) is 2. The van der Waals surface area contributed by atoms with E-state index in [-0.39, 0.29) is 11.0 Å². The van der Waals surface area contributed by atoms with Gasteiger partial charge in [-0.1, -0.05) is 30.0 Å². The topological polar surface area (TPSA) is 70.7 Å². The summed E-state index contributed by atoms with van der Waals surface area (Å²) < 4.78 is 52.8. The highest BCUT2D eigenvalue weighted by Crippen LogP contribution is 2.23. The minimum Gasteiger partial charge on any atom is -0.323 e. The van der Waals surface area contributed by atoms with E-state index in [1.165, 1.54) is 19.1 Å². The first-order valence-corrected chi connectivity index (χ1v) is 9.18. The van der Waals surface area contributed by atoms with Crippen LogP contribution < -0.4 is 5.32 Å². The van der Waals surface area contributed by atoms with Crippen molar-refractivity contribution < 1.29 is 22.4 Å². The summed E-state index contributed by atoms with van der Waals surface area (Å²) >= 11 is 0.989. The van der Waals surface area contributed by atoms with Crippen LogP contribution in [-0.2, 0) is 4.79 Å². The zero-order chi connectivity index (χ0) is 21.0. The molecule has 29 heavy (non-hydrogen) atoms. The van der Waals surface area contributed by atoms with Crippen LogP contribution in [0.2, 0.25) is 0 Å². The molecule has 1 heterocycles. The van der Waals surface area contributed by atoms with Crippen LogP contribution in [0.4, 0.5) is 23.2 Å².